The molecule has 2 aromatic rings. The number of ether oxygens (including phenoxy) is 2. The Morgan fingerprint density at radius 1 is 1.20 bits per heavy atom. The topological polar surface area (TPSA) is 77.5 Å². The standard InChI is InChI=1S/C19H22N2O4/c1-19(2,3)25-18(23)20-10-11-24-17-9-5-8-16(21-17)15-7-4-6-14(12-15)13-22/h4-9,12-13H,10-11H2,1-3H3,(H,20,23). The molecule has 1 amide bonds. The number of carbonyl (C=O) groups is 2. The second kappa shape index (κ2) is 8.28. The number of carbonyl (C=O) groups excluding carboxylic acids is 2. The average Bonchev–Trinajstić information content (AvgIpc) is 2.57. The van der Waals surface area contributed by atoms with E-state index in [2.05, 4.69) is 10.3 Å². The van der Waals surface area contributed by atoms with Crippen LogP contribution < -0.4 is 10.1 Å². The molecule has 0 bridgehead atoms. The monoisotopic (exact) mass is 342 g/mol. The normalized spacial score (nSPS) is 10.8. The Morgan fingerprint density at radius 3 is 2.68 bits per heavy atom. The van der Waals surface area contributed by atoms with Gasteiger partial charge in [-0.2, -0.15) is 0 Å². The molecule has 1 N–H and O–H groups in total. The van der Waals surface area contributed by atoms with Crippen LogP contribution in [0.15, 0.2) is 42.5 Å². The second-order valence-electron chi connectivity index (χ2n) is 6.38. The number of nitrogens with zero attached hydrogens (tertiary/aromatic N) is 1. The maximum absolute atomic E-state index is 11.5. The average molecular weight is 342 g/mol. The van der Waals surface area contributed by atoms with Crippen molar-refractivity contribution in [1.29, 1.82) is 0 Å². The SMILES string of the molecule is CC(C)(C)OC(=O)NCCOc1cccc(-c2cccc(C=O)c2)n1. The number of hydrogen-bond donors (Lipinski definition) is 1. The Labute approximate surface area is 147 Å². The molecule has 25 heavy (non-hydrogen) atoms. The van der Waals surface area contributed by atoms with Crippen LogP contribution in [0.1, 0.15) is 31.1 Å². The van der Waals surface area contributed by atoms with E-state index in [1.54, 1.807) is 45.0 Å². The summed E-state index contributed by atoms with van der Waals surface area (Å²) in [7, 11) is 0. The van der Waals surface area contributed by atoms with E-state index in [1.807, 2.05) is 18.2 Å². The highest BCUT2D eigenvalue weighted by Gasteiger charge is 2.15. The van der Waals surface area contributed by atoms with Gasteiger partial charge in [0.05, 0.1) is 12.2 Å². The number of pyridine rings is 1. The molecule has 0 spiro atoms. The van der Waals surface area contributed by atoms with Gasteiger partial charge < -0.3 is 14.8 Å². The Morgan fingerprint density at radius 2 is 1.96 bits per heavy atom. The number of benzene rings is 1. The minimum absolute atomic E-state index is 0.268. The third-order valence-corrected chi connectivity index (χ3v) is 3.06. The van der Waals surface area contributed by atoms with Crippen LogP contribution in [0.3, 0.4) is 0 Å². The van der Waals surface area contributed by atoms with Gasteiger partial charge in [0.25, 0.3) is 0 Å². The Hall–Kier alpha value is -2.89. The van der Waals surface area contributed by atoms with E-state index in [9.17, 15) is 9.59 Å². The molecule has 132 valence electrons. The highest BCUT2D eigenvalue weighted by molar-refractivity contribution is 5.78. The molecule has 6 nitrogen and oxygen atoms in total. The summed E-state index contributed by atoms with van der Waals surface area (Å²) in [5.41, 5.74) is 1.60. The summed E-state index contributed by atoms with van der Waals surface area (Å²) in [6, 6.07) is 12.6. The zero-order chi connectivity index (χ0) is 18.3. The van der Waals surface area contributed by atoms with Crippen LogP contribution in [0, 0.1) is 0 Å². The zero-order valence-electron chi connectivity index (χ0n) is 14.6. The fraction of sp³-hybridized carbons (Fsp3) is 0.316. The van der Waals surface area contributed by atoms with Crippen molar-refractivity contribution in [2.75, 3.05) is 13.2 Å². The van der Waals surface area contributed by atoms with Crippen molar-refractivity contribution < 1.29 is 19.1 Å². The molecule has 6 heteroatoms. The fourth-order valence-electron chi connectivity index (χ4n) is 2.05. The van der Waals surface area contributed by atoms with Gasteiger partial charge in [-0.3, -0.25) is 4.79 Å². The molecule has 0 aliphatic carbocycles. The van der Waals surface area contributed by atoms with Crippen molar-refractivity contribution in [2.24, 2.45) is 0 Å². The van der Waals surface area contributed by atoms with Crippen LogP contribution in [-0.4, -0.2) is 36.1 Å². The van der Waals surface area contributed by atoms with E-state index < -0.39 is 11.7 Å². The fourth-order valence-corrected chi connectivity index (χ4v) is 2.05. The molecule has 0 fully saturated rings. The van der Waals surface area contributed by atoms with E-state index in [0.717, 1.165) is 11.8 Å². The van der Waals surface area contributed by atoms with Crippen LogP contribution >= 0.6 is 0 Å². The van der Waals surface area contributed by atoms with Gasteiger partial charge in [0, 0.05) is 17.2 Å². The quantitative estimate of drug-likeness (QED) is 0.642. The lowest BCUT2D eigenvalue weighted by molar-refractivity contribution is 0.0519. The zero-order valence-corrected chi connectivity index (χ0v) is 14.6. The molecule has 0 atom stereocenters. The lowest BCUT2D eigenvalue weighted by atomic mass is 10.1. The highest BCUT2D eigenvalue weighted by atomic mass is 16.6. The number of amides is 1. The van der Waals surface area contributed by atoms with Crippen molar-refractivity contribution in [3.8, 4) is 17.1 Å². The molecule has 1 aromatic carbocycles. The van der Waals surface area contributed by atoms with Crippen molar-refractivity contribution in [2.45, 2.75) is 26.4 Å². The minimum atomic E-state index is -0.531. The summed E-state index contributed by atoms with van der Waals surface area (Å²) in [5, 5.41) is 2.62. The molecule has 0 aliphatic rings. The number of nitrogens with one attached hydrogen (secondary N) is 1. The summed E-state index contributed by atoms with van der Waals surface area (Å²) in [5.74, 6) is 0.444. The molecule has 0 unspecified atom stereocenters. The van der Waals surface area contributed by atoms with Gasteiger partial charge in [0.1, 0.15) is 18.5 Å². The van der Waals surface area contributed by atoms with Gasteiger partial charge in [-0.1, -0.05) is 24.3 Å². The summed E-state index contributed by atoms with van der Waals surface area (Å²) in [6.45, 7) is 5.99. The molecule has 0 radical (unpaired) electrons. The number of alkyl carbamates (subject to hydrolysis) is 1. The Kier molecular flexibility index (Phi) is 6.11. The van der Waals surface area contributed by atoms with E-state index in [1.165, 1.54) is 0 Å². The summed E-state index contributed by atoms with van der Waals surface area (Å²) >= 11 is 0. The number of aromatic nitrogens is 1. The van der Waals surface area contributed by atoms with E-state index >= 15 is 0 Å². The largest absolute Gasteiger partial charge is 0.476 e. The van der Waals surface area contributed by atoms with Gasteiger partial charge in [0.15, 0.2) is 0 Å². The minimum Gasteiger partial charge on any atom is -0.476 e. The molecular weight excluding hydrogens is 320 g/mol. The predicted octanol–water partition coefficient (Wildman–Crippen LogP) is 3.46. The van der Waals surface area contributed by atoms with Crippen molar-refractivity contribution in [1.82, 2.24) is 10.3 Å². The first-order chi connectivity index (χ1) is 11.9. The first kappa shape index (κ1) is 18.4. The lowest BCUT2D eigenvalue weighted by Crippen LogP contribution is -2.34. The van der Waals surface area contributed by atoms with Crippen LogP contribution in [-0.2, 0) is 4.74 Å². The molecule has 2 rings (SSSR count). The van der Waals surface area contributed by atoms with Crippen molar-refractivity contribution >= 4 is 12.4 Å². The first-order valence-corrected chi connectivity index (χ1v) is 8.00. The first-order valence-electron chi connectivity index (χ1n) is 8.00. The number of hydrogen-bond acceptors (Lipinski definition) is 5. The maximum atomic E-state index is 11.5. The molecule has 1 aromatic heterocycles. The summed E-state index contributed by atoms with van der Waals surface area (Å²) < 4.78 is 10.7. The Bertz CT molecular complexity index is 738. The van der Waals surface area contributed by atoms with Crippen LogP contribution in [0.5, 0.6) is 5.88 Å². The van der Waals surface area contributed by atoms with Gasteiger partial charge in [-0.15, -0.1) is 0 Å². The number of aldehydes is 1. The Balaban J connectivity index is 1.89. The van der Waals surface area contributed by atoms with Gasteiger partial charge in [-0.25, -0.2) is 9.78 Å². The van der Waals surface area contributed by atoms with Crippen molar-refractivity contribution in [3.63, 3.8) is 0 Å². The van der Waals surface area contributed by atoms with E-state index in [4.69, 9.17) is 9.47 Å². The third kappa shape index (κ3) is 6.25. The summed E-state index contributed by atoms with van der Waals surface area (Å²) in [4.78, 5) is 26.8. The van der Waals surface area contributed by atoms with Crippen LogP contribution in [0.25, 0.3) is 11.3 Å². The molecular formula is C19H22N2O4. The predicted molar refractivity (Wildman–Crippen MR) is 94.8 cm³/mol. The molecule has 1 heterocycles. The maximum Gasteiger partial charge on any atom is 0.407 e. The van der Waals surface area contributed by atoms with Gasteiger partial charge >= 0.3 is 6.09 Å². The molecule has 0 saturated carbocycles. The van der Waals surface area contributed by atoms with Gasteiger partial charge in [0.2, 0.25) is 5.88 Å². The smallest absolute Gasteiger partial charge is 0.407 e. The second-order valence-corrected chi connectivity index (χ2v) is 6.38. The van der Waals surface area contributed by atoms with E-state index in [0.29, 0.717) is 23.7 Å². The van der Waals surface area contributed by atoms with Crippen molar-refractivity contribution in [3.05, 3.63) is 48.0 Å². The highest BCUT2D eigenvalue weighted by Crippen LogP contribution is 2.20. The third-order valence-electron chi connectivity index (χ3n) is 3.06. The summed E-state index contributed by atoms with van der Waals surface area (Å²) in [6.07, 6.45) is 0.315. The lowest BCUT2D eigenvalue weighted by Gasteiger charge is -2.19. The van der Waals surface area contributed by atoms with E-state index in [-0.39, 0.29) is 6.61 Å². The van der Waals surface area contributed by atoms with Gasteiger partial charge in [-0.05, 0) is 32.9 Å². The number of rotatable bonds is 6. The molecule has 0 aliphatic heterocycles. The van der Waals surface area contributed by atoms with Crippen LogP contribution in [0.4, 0.5) is 4.79 Å². The van der Waals surface area contributed by atoms with Crippen LogP contribution in [0.2, 0.25) is 0 Å². The molecule has 0 saturated heterocycles.